The number of rotatable bonds is 9. The number of aromatic amines is 1. The van der Waals surface area contributed by atoms with Crippen molar-refractivity contribution in [3.05, 3.63) is 79.1 Å². The molecule has 2 aromatic heterocycles. The molecule has 3 rings (SSSR count). The first-order chi connectivity index (χ1) is 14.5. The molecular formula is C21H24N4O4S. The van der Waals surface area contributed by atoms with Crippen molar-refractivity contribution < 1.29 is 9.53 Å². The van der Waals surface area contributed by atoms with Gasteiger partial charge in [0.05, 0.1) is 13.0 Å². The van der Waals surface area contributed by atoms with Crippen LogP contribution in [0.2, 0.25) is 0 Å². The fourth-order valence-corrected chi connectivity index (χ4v) is 3.82. The number of H-pyrrole nitrogens is 1. The Hall–Kier alpha value is -3.17. The molecule has 0 aliphatic heterocycles. The highest BCUT2D eigenvalue weighted by Gasteiger charge is 2.24. The highest BCUT2D eigenvalue weighted by molar-refractivity contribution is 7.08. The summed E-state index contributed by atoms with van der Waals surface area (Å²) < 4.78 is 6.36. The second kappa shape index (κ2) is 10.0. The second-order valence-electron chi connectivity index (χ2n) is 6.76. The quantitative estimate of drug-likeness (QED) is 0.505. The molecule has 0 saturated heterocycles. The van der Waals surface area contributed by atoms with Crippen molar-refractivity contribution in [2.24, 2.45) is 0 Å². The van der Waals surface area contributed by atoms with E-state index in [0.29, 0.717) is 13.0 Å². The molecule has 0 bridgehead atoms. The Morgan fingerprint density at radius 1 is 1.20 bits per heavy atom. The first-order valence-electron chi connectivity index (χ1n) is 9.48. The number of thiophene rings is 1. The lowest BCUT2D eigenvalue weighted by Gasteiger charge is -2.24. The van der Waals surface area contributed by atoms with E-state index in [4.69, 9.17) is 10.5 Å². The lowest BCUT2D eigenvalue weighted by molar-refractivity contribution is -0.118. The maximum Gasteiger partial charge on any atom is 0.330 e. The van der Waals surface area contributed by atoms with Crippen molar-refractivity contribution in [1.82, 2.24) is 9.55 Å². The van der Waals surface area contributed by atoms with Crippen LogP contribution in [0.25, 0.3) is 0 Å². The zero-order valence-corrected chi connectivity index (χ0v) is 17.5. The Morgan fingerprint density at radius 3 is 2.63 bits per heavy atom. The summed E-state index contributed by atoms with van der Waals surface area (Å²) in [6.45, 7) is 0.844. The van der Waals surface area contributed by atoms with Gasteiger partial charge < -0.3 is 15.4 Å². The van der Waals surface area contributed by atoms with E-state index in [1.165, 1.54) is 20.8 Å². The summed E-state index contributed by atoms with van der Waals surface area (Å²) in [5.41, 5.74) is 6.66. The number of amides is 1. The summed E-state index contributed by atoms with van der Waals surface area (Å²) >= 11 is 1.49. The molecule has 1 amide bonds. The number of ether oxygens (including phenoxy) is 1. The van der Waals surface area contributed by atoms with E-state index in [2.05, 4.69) is 4.98 Å². The predicted molar refractivity (Wildman–Crippen MR) is 118 cm³/mol. The average Bonchev–Trinajstić information content (AvgIpc) is 3.23. The van der Waals surface area contributed by atoms with E-state index in [9.17, 15) is 14.4 Å². The number of benzene rings is 1. The van der Waals surface area contributed by atoms with Gasteiger partial charge in [0.25, 0.3) is 5.56 Å². The molecular weight excluding hydrogens is 404 g/mol. The number of nitrogens with one attached hydrogen (secondary N) is 1. The smallest absolute Gasteiger partial charge is 0.330 e. The van der Waals surface area contributed by atoms with Gasteiger partial charge in [0, 0.05) is 20.3 Å². The molecule has 3 N–H and O–H groups in total. The van der Waals surface area contributed by atoms with E-state index in [0.717, 1.165) is 11.1 Å². The third kappa shape index (κ3) is 5.05. The summed E-state index contributed by atoms with van der Waals surface area (Å²) in [5, 5.41) is 3.77. The standard InChI is InChI=1S/C21H24N4O4S/c1-29-10-5-9-24(17(26)12-16-8-11-30-14-16)18-19(22)25(21(28)23-20(18)27)13-15-6-3-2-4-7-15/h2-4,6-8,11,14H,5,9-10,12-13,22H2,1H3,(H,23,27,28). The number of methoxy groups -OCH3 is 1. The Kier molecular flexibility index (Phi) is 7.21. The van der Waals surface area contributed by atoms with E-state index >= 15 is 0 Å². The molecule has 1 aromatic carbocycles. The number of anilines is 2. The van der Waals surface area contributed by atoms with E-state index in [1.807, 2.05) is 47.2 Å². The number of nitrogens with zero attached hydrogens (tertiary/aromatic N) is 2. The highest BCUT2D eigenvalue weighted by Crippen LogP contribution is 2.20. The number of carbonyl (C=O) groups is 1. The topological polar surface area (TPSA) is 110 Å². The van der Waals surface area contributed by atoms with Crippen LogP contribution in [0.5, 0.6) is 0 Å². The summed E-state index contributed by atoms with van der Waals surface area (Å²) in [4.78, 5) is 41.8. The van der Waals surface area contributed by atoms with Crippen molar-refractivity contribution in [1.29, 1.82) is 0 Å². The zero-order chi connectivity index (χ0) is 21.5. The van der Waals surface area contributed by atoms with Crippen LogP contribution in [-0.4, -0.2) is 35.7 Å². The Bertz CT molecular complexity index is 1090. The molecule has 0 fully saturated rings. The summed E-state index contributed by atoms with van der Waals surface area (Å²) in [5.74, 6) is -0.310. The van der Waals surface area contributed by atoms with E-state index in [-0.39, 0.29) is 36.9 Å². The van der Waals surface area contributed by atoms with Crippen molar-refractivity contribution in [2.45, 2.75) is 19.4 Å². The molecule has 30 heavy (non-hydrogen) atoms. The average molecular weight is 429 g/mol. The monoisotopic (exact) mass is 428 g/mol. The second-order valence-corrected chi connectivity index (χ2v) is 7.55. The minimum absolute atomic E-state index is 0.0122. The van der Waals surface area contributed by atoms with Crippen LogP contribution in [-0.2, 0) is 22.5 Å². The lowest BCUT2D eigenvalue weighted by Crippen LogP contribution is -2.42. The van der Waals surface area contributed by atoms with Gasteiger partial charge in [0.15, 0.2) is 5.69 Å². The Labute approximate surface area is 177 Å². The summed E-state index contributed by atoms with van der Waals surface area (Å²) in [7, 11) is 1.57. The first kappa shape index (κ1) is 21.5. The largest absolute Gasteiger partial charge is 0.385 e. The van der Waals surface area contributed by atoms with Gasteiger partial charge in [-0.2, -0.15) is 11.3 Å². The van der Waals surface area contributed by atoms with E-state index < -0.39 is 11.2 Å². The van der Waals surface area contributed by atoms with Crippen LogP contribution in [0.1, 0.15) is 17.5 Å². The summed E-state index contributed by atoms with van der Waals surface area (Å²) in [6, 6.07) is 11.1. The van der Waals surface area contributed by atoms with Gasteiger partial charge in [-0.25, -0.2) is 4.79 Å². The minimum atomic E-state index is -0.683. The molecule has 0 aliphatic carbocycles. The third-order valence-electron chi connectivity index (χ3n) is 4.63. The van der Waals surface area contributed by atoms with Crippen molar-refractivity contribution in [3.8, 4) is 0 Å². The zero-order valence-electron chi connectivity index (χ0n) is 16.7. The van der Waals surface area contributed by atoms with Crippen LogP contribution >= 0.6 is 11.3 Å². The molecule has 158 valence electrons. The van der Waals surface area contributed by atoms with Gasteiger partial charge in [-0.15, -0.1) is 0 Å². The number of aromatic nitrogens is 2. The fraction of sp³-hybridized carbons (Fsp3) is 0.286. The predicted octanol–water partition coefficient (Wildman–Crippen LogP) is 1.84. The molecule has 2 heterocycles. The molecule has 0 spiro atoms. The van der Waals surface area contributed by atoms with Crippen LogP contribution in [0.3, 0.4) is 0 Å². The van der Waals surface area contributed by atoms with Gasteiger partial charge in [0.1, 0.15) is 5.82 Å². The van der Waals surface area contributed by atoms with Crippen LogP contribution in [0.15, 0.2) is 56.7 Å². The van der Waals surface area contributed by atoms with Gasteiger partial charge in [-0.05, 0) is 34.4 Å². The van der Waals surface area contributed by atoms with E-state index in [1.54, 1.807) is 7.11 Å². The number of carbonyl (C=O) groups excluding carboxylic acids is 1. The minimum Gasteiger partial charge on any atom is -0.385 e. The van der Waals surface area contributed by atoms with Gasteiger partial charge >= 0.3 is 5.69 Å². The lowest BCUT2D eigenvalue weighted by atomic mass is 10.2. The first-order valence-corrected chi connectivity index (χ1v) is 10.4. The Morgan fingerprint density at radius 2 is 1.97 bits per heavy atom. The molecule has 0 unspecified atom stereocenters. The fourth-order valence-electron chi connectivity index (χ4n) is 3.15. The number of nitrogen functional groups attached to an aromatic ring is 1. The maximum atomic E-state index is 13.1. The normalized spacial score (nSPS) is 10.8. The molecule has 0 radical (unpaired) electrons. The summed E-state index contributed by atoms with van der Waals surface area (Å²) in [6.07, 6.45) is 0.649. The number of hydrogen-bond acceptors (Lipinski definition) is 6. The highest BCUT2D eigenvalue weighted by atomic mass is 32.1. The Balaban J connectivity index is 2.00. The molecule has 9 heteroatoms. The van der Waals surface area contributed by atoms with Crippen LogP contribution in [0.4, 0.5) is 11.5 Å². The third-order valence-corrected chi connectivity index (χ3v) is 5.37. The molecule has 3 aromatic rings. The SMILES string of the molecule is COCCCN(C(=O)Cc1ccsc1)c1c(N)n(Cc2ccccc2)c(=O)[nH]c1=O. The van der Waals surface area contributed by atoms with Crippen molar-refractivity contribution >= 4 is 28.7 Å². The molecule has 8 nitrogen and oxygen atoms in total. The van der Waals surface area contributed by atoms with Crippen molar-refractivity contribution in [3.63, 3.8) is 0 Å². The molecule has 0 aliphatic rings. The number of nitrogens with two attached hydrogens (primary N) is 1. The van der Waals surface area contributed by atoms with Crippen molar-refractivity contribution in [2.75, 3.05) is 30.9 Å². The van der Waals surface area contributed by atoms with Crippen LogP contribution < -0.4 is 21.9 Å². The molecule has 0 atom stereocenters. The van der Waals surface area contributed by atoms with Crippen LogP contribution in [0, 0.1) is 0 Å². The number of hydrogen-bond donors (Lipinski definition) is 2. The van der Waals surface area contributed by atoms with Gasteiger partial charge in [0.2, 0.25) is 5.91 Å². The molecule has 0 saturated carbocycles. The van der Waals surface area contributed by atoms with Gasteiger partial charge in [-0.1, -0.05) is 30.3 Å². The van der Waals surface area contributed by atoms with Gasteiger partial charge in [-0.3, -0.25) is 19.1 Å². The maximum absolute atomic E-state index is 13.1.